The number of aliphatic imine (C=N–C) groups is 1. The van der Waals surface area contributed by atoms with Crippen LogP contribution in [0.25, 0.3) is 0 Å². The van der Waals surface area contributed by atoms with Crippen LogP contribution < -0.4 is 19.5 Å². The summed E-state index contributed by atoms with van der Waals surface area (Å²) in [5.74, 6) is 0.0792. The average molecular weight is 467 g/mol. The van der Waals surface area contributed by atoms with Gasteiger partial charge in [-0.3, -0.25) is 19.2 Å². The number of amides is 1. The molecule has 3 N–H and O–H groups in total. The van der Waals surface area contributed by atoms with Crippen LogP contribution in [0.15, 0.2) is 57.2 Å². The van der Waals surface area contributed by atoms with E-state index < -0.39 is 20.0 Å². The SMILES string of the molecule is COc1ccc(NC(C)=O)cc1S(=O)(=O)Nc1cccc(S(=O)(=O)NC2=NCCC2)c1. The van der Waals surface area contributed by atoms with E-state index >= 15 is 0 Å². The quantitative estimate of drug-likeness (QED) is 0.569. The van der Waals surface area contributed by atoms with E-state index in [9.17, 15) is 21.6 Å². The van der Waals surface area contributed by atoms with Crippen molar-refractivity contribution in [3.8, 4) is 5.75 Å². The van der Waals surface area contributed by atoms with Crippen LogP contribution in [0, 0.1) is 0 Å². The van der Waals surface area contributed by atoms with Gasteiger partial charge in [-0.25, -0.2) is 16.8 Å². The summed E-state index contributed by atoms with van der Waals surface area (Å²) in [7, 11) is -6.75. The number of methoxy groups -OCH3 is 1. The summed E-state index contributed by atoms with van der Waals surface area (Å²) in [6.07, 6.45) is 1.31. The molecule has 31 heavy (non-hydrogen) atoms. The molecule has 0 saturated carbocycles. The van der Waals surface area contributed by atoms with E-state index in [4.69, 9.17) is 4.74 Å². The second kappa shape index (κ2) is 8.94. The Balaban J connectivity index is 1.90. The Morgan fingerprint density at radius 3 is 2.42 bits per heavy atom. The van der Waals surface area contributed by atoms with Gasteiger partial charge < -0.3 is 10.1 Å². The molecule has 0 saturated heterocycles. The van der Waals surface area contributed by atoms with Crippen molar-refractivity contribution in [1.29, 1.82) is 0 Å². The number of ether oxygens (including phenoxy) is 1. The number of benzene rings is 2. The molecule has 0 spiro atoms. The molecule has 1 aliphatic rings. The second-order valence-corrected chi connectivity index (χ2v) is 10.1. The third kappa shape index (κ3) is 5.52. The highest BCUT2D eigenvalue weighted by Gasteiger charge is 2.23. The maximum atomic E-state index is 13.0. The molecular weight excluding hydrogens is 444 g/mol. The van der Waals surface area contributed by atoms with Gasteiger partial charge in [0, 0.05) is 25.6 Å². The number of hydrogen-bond donors (Lipinski definition) is 3. The molecule has 1 aliphatic heterocycles. The predicted molar refractivity (Wildman–Crippen MR) is 116 cm³/mol. The first-order chi connectivity index (χ1) is 14.6. The Hall–Kier alpha value is -3.12. The highest BCUT2D eigenvalue weighted by Crippen LogP contribution is 2.29. The van der Waals surface area contributed by atoms with Gasteiger partial charge in [0.1, 0.15) is 16.5 Å². The standard InChI is InChI=1S/C19H22N4O6S2/c1-13(24)21-14-8-9-17(29-2)18(12-14)31(27,28)22-15-5-3-6-16(11-15)30(25,26)23-19-7-4-10-20-19/h3,5-6,8-9,11-12,22H,4,7,10H2,1-2H3,(H,20,23)(H,21,24). The molecule has 166 valence electrons. The Labute approximate surface area is 180 Å². The summed E-state index contributed by atoms with van der Waals surface area (Å²) in [5, 5.41) is 2.51. The molecule has 2 aromatic rings. The molecule has 0 radical (unpaired) electrons. The molecule has 1 heterocycles. The second-order valence-electron chi connectivity index (χ2n) is 6.72. The van der Waals surface area contributed by atoms with Crippen LogP contribution in [-0.2, 0) is 24.8 Å². The monoisotopic (exact) mass is 466 g/mol. The smallest absolute Gasteiger partial charge is 0.265 e. The molecule has 0 atom stereocenters. The zero-order chi connectivity index (χ0) is 22.6. The number of amidine groups is 1. The van der Waals surface area contributed by atoms with Crippen LogP contribution in [0.3, 0.4) is 0 Å². The van der Waals surface area contributed by atoms with E-state index in [0.717, 1.165) is 6.42 Å². The van der Waals surface area contributed by atoms with Gasteiger partial charge in [-0.2, -0.15) is 0 Å². The first-order valence-corrected chi connectivity index (χ1v) is 12.2. The Kier molecular flexibility index (Phi) is 6.51. The van der Waals surface area contributed by atoms with Crippen LogP contribution in [0.4, 0.5) is 11.4 Å². The van der Waals surface area contributed by atoms with Gasteiger partial charge in [-0.05, 0) is 42.8 Å². The third-order valence-electron chi connectivity index (χ3n) is 4.30. The van der Waals surface area contributed by atoms with E-state index in [-0.39, 0.29) is 32.8 Å². The number of nitrogens with zero attached hydrogens (tertiary/aromatic N) is 1. The molecule has 1 amide bonds. The number of nitrogens with one attached hydrogen (secondary N) is 3. The summed E-state index contributed by atoms with van der Waals surface area (Å²) in [6, 6.07) is 9.58. The topological polar surface area (TPSA) is 143 Å². The van der Waals surface area contributed by atoms with Crippen molar-refractivity contribution in [3.05, 3.63) is 42.5 Å². The molecule has 10 nitrogen and oxygen atoms in total. The lowest BCUT2D eigenvalue weighted by molar-refractivity contribution is -0.114. The molecule has 0 fully saturated rings. The number of anilines is 2. The predicted octanol–water partition coefficient (Wildman–Crippen LogP) is 1.92. The van der Waals surface area contributed by atoms with Gasteiger partial charge in [-0.1, -0.05) is 6.07 Å². The minimum absolute atomic E-state index is 0.0446. The highest BCUT2D eigenvalue weighted by molar-refractivity contribution is 7.93. The van der Waals surface area contributed by atoms with Crippen molar-refractivity contribution in [3.63, 3.8) is 0 Å². The van der Waals surface area contributed by atoms with Crippen LogP contribution in [0.5, 0.6) is 5.75 Å². The lowest BCUT2D eigenvalue weighted by Crippen LogP contribution is -2.29. The maximum absolute atomic E-state index is 13.0. The molecule has 3 rings (SSSR count). The van der Waals surface area contributed by atoms with E-state index in [0.29, 0.717) is 18.8 Å². The van der Waals surface area contributed by atoms with Gasteiger partial charge in [0.25, 0.3) is 20.0 Å². The third-order valence-corrected chi connectivity index (χ3v) is 7.08. The summed E-state index contributed by atoms with van der Waals surface area (Å²) in [5.41, 5.74) is 0.315. The van der Waals surface area contributed by atoms with Crippen LogP contribution >= 0.6 is 0 Å². The zero-order valence-electron chi connectivity index (χ0n) is 16.9. The lowest BCUT2D eigenvalue weighted by atomic mass is 10.3. The van der Waals surface area contributed by atoms with E-state index in [1.165, 1.54) is 56.5 Å². The Morgan fingerprint density at radius 2 is 1.77 bits per heavy atom. The zero-order valence-corrected chi connectivity index (χ0v) is 18.5. The van der Waals surface area contributed by atoms with Gasteiger partial charge in [0.2, 0.25) is 5.91 Å². The summed E-state index contributed by atoms with van der Waals surface area (Å²) in [6.45, 7) is 1.87. The van der Waals surface area contributed by atoms with Crippen molar-refractivity contribution in [2.45, 2.75) is 29.6 Å². The van der Waals surface area contributed by atoms with E-state index in [2.05, 4.69) is 19.8 Å². The van der Waals surface area contributed by atoms with Crippen molar-refractivity contribution < 1.29 is 26.4 Å². The van der Waals surface area contributed by atoms with Crippen LogP contribution in [0.1, 0.15) is 19.8 Å². The lowest BCUT2D eigenvalue weighted by Gasteiger charge is -2.14. The molecule has 12 heteroatoms. The fourth-order valence-electron chi connectivity index (χ4n) is 2.94. The van der Waals surface area contributed by atoms with Crippen LogP contribution in [-0.4, -0.2) is 42.2 Å². The highest BCUT2D eigenvalue weighted by atomic mass is 32.2. The van der Waals surface area contributed by atoms with E-state index in [1.807, 2.05) is 0 Å². The van der Waals surface area contributed by atoms with Crippen LogP contribution in [0.2, 0.25) is 0 Å². The van der Waals surface area contributed by atoms with Crippen molar-refractivity contribution in [2.75, 3.05) is 23.7 Å². The first-order valence-electron chi connectivity index (χ1n) is 9.25. The average Bonchev–Trinajstić information content (AvgIpc) is 3.19. The minimum Gasteiger partial charge on any atom is -0.495 e. The van der Waals surface area contributed by atoms with Gasteiger partial charge in [-0.15, -0.1) is 0 Å². The molecule has 2 aromatic carbocycles. The number of rotatable bonds is 7. The van der Waals surface area contributed by atoms with Gasteiger partial charge in [0.15, 0.2) is 0 Å². The molecular formula is C19H22N4O6S2. The summed E-state index contributed by atoms with van der Waals surface area (Å²) < 4.78 is 61.0. The normalized spacial score (nSPS) is 13.9. The largest absolute Gasteiger partial charge is 0.495 e. The van der Waals surface area contributed by atoms with Crippen molar-refractivity contribution >= 4 is 43.2 Å². The van der Waals surface area contributed by atoms with Crippen molar-refractivity contribution in [1.82, 2.24) is 4.72 Å². The minimum atomic E-state index is -4.16. The molecule has 0 aromatic heterocycles. The Bertz CT molecular complexity index is 1240. The number of carbonyl (C=O) groups is 1. The number of carbonyl (C=O) groups excluding carboxylic acids is 1. The maximum Gasteiger partial charge on any atom is 0.265 e. The molecule has 0 unspecified atom stereocenters. The fraction of sp³-hybridized carbons (Fsp3) is 0.263. The Morgan fingerprint density at radius 1 is 1.00 bits per heavy atom. The summed E-state index contributed by atoms with van der Waals surface area (Å²) >= 11 is 0. The molecule has 0 aliphatic carbocycles. The first kappa shape index (κ1) is 22.6. The number of hydrogen-bond acceptors (Lipinski definition) is 7. The molecule has 0 bridgehead atoms. The fourth-order valence-corrected chi connectivity index (χ4v) is 5.32. The number of sulfonamides is 2. The van der Waals surface area contributed by atoms with Gasteiger partial charge >= 0.3 is 0 Å². The summed E-state index contributed by atoms with van der Waals surface area (Å²) in [4.78, 5) is 15.1. The van der Waals surface area contributed by atoms with E-state index in [1.54, 1.807) is 0 Å². The van der Waals surface area contributed by atoms with Gasteiger partial charge in [0.05, 0.1) is 17.7 Å². The van der Waals surface area contributed by atoms with Crippen molar-refractivity contribution in [2.24, 2.45) is 4.99 Å².